The molecule has 1 aliphatic heterocycles. The van der Waals surface area contributed by atoms with Gasteiger partial charge in [-0.1, -0.05) is 26.2 Å². The van der Waals surface area contributed by atoms with E-state index in [-0.39, 0.29) is 5.91 Å². The van der Waals surface area contributed by atoms with Crippen molar-refractivity contribution in [1.82, 2.24) is 10.2 Å². The van der Waals surface area contributed by atoms with Gasteiger partial charge in [-0.3, -0.25) is 10.1 Å². The average molecular weight is 210 g/mol. The van der Waals surface area contributed by atoms with Gasteiger partial charge in [0, 0.05) is 6.54 Å². The first-order valence-corrected chi connectivity index (χ1v) is 6.28. The maximum atomic E-state index is 11.4. The van der Waals surface area contributed by atoms with E-state index in [1.165, 1.54) is 32.1 Å². The van der Waals surface area contributed by atoms with Crippen molar-refractivity contribution in [2.75, 3.05) is 19.8 Å². The van der Waals surface area contributed by atoms with E-state index < -0.39 is 0 Å². The Balaban J connectivity index is 1.74. The molecule has 1 N–H and O–H groups in total. The highest BCUT2D eigenvalue weighted by Crippen LogP contribution is 2.31. The van der Waals surface area contributed by atoms with Crippen molar-refractivity contribution in [3.63, 3.8) is 0 Å². The molecule has 0 bridgehead atoms. The van der Waals surface area contributed by atoms with Crippen LogP contribution in [0.15, 0.2) is 0 Å². The molecule has 2 rings (SSSR count). The molecular weight excluding hydrogens is 188 g/mol. The van der Waals surface area contributed by atoms with Crippen LogP contribution in [-0.2, 0) is 4.79 Å². The van der Waals surface area contributed by atoms with E-state index in [1.807, 2.05) is 4.90 Å². The lowest BCUT2D eigenvalue weighted by molar-refractivity contribution is -0.127. The van der Waals surface area contributed by atoms with Crippen LogP contribution in [-0.4, -0.2) is 30.6 Å². The molecule has 0 aromatic heterocycles. The molecule has 0 aromatic carbocycles. The minimum absolute atomic E-state index is 0.285. The second-order valence-corrected chi connectivity index (χ2v) is 5.00. The summed E-state index contributed by atoms with van der Waals surface area (Å²) >= 11 is 0. The molecule has 1 saturated heterocycles. The second kappa shape index (κ2) is 4.97. The van der Waals surface area contributed by atoms with Crippen molar-refractivity contribution >= 4 is 5.91 Å². The van der Waals surface area contributed by atoms with Crippen molar-refractivity contribution in [2.45, 2.75) is 39.0 Å². The summed E-state index contributed by atoms with van der Waals surface area (Å²) < 4.78 is 0. The molecule has 1 heterocycles. The summed E-state index contributed by atoms with van der Waals surface area (Å²) in [5, 5.41) is 3.11. The van der Waals surface area contributed by atoms with Crippen LogP contribution < -0.4 is 5.32 Å². The van der Waals surface area contributed by atoms with Crippen molar-refractivity contribution < 1.29 is 4.79 Å². The molecule has 3 heteroatoms. The summed E-state index contributed by atoms with van der Waals surface area (Å²) in [6.45, 7) is 4.60. The smallest absolute Gasteiger partial charge is 0.237 e. The van der Waals surface area contributed by atoms with Gasteiger partial charge in [-0.25, -0.2) is 0 Å². The summed E-state index contributed by atoms with van der Waals surface area (Å²) in [5.74, 6) is 2.00. The van der Waals surface area contributed by atoms with E-state index in [2.05, 4.69) is 12.2 Å². The van der Waals surface area contributed by atoms with Gasteiger partial charge in [0.05, 0.1) is 13.2 Å². The molecule has 15 heavy (non-hydrogen) atoms. The standard InChI is InChI=1S/C12H22N2O/c1-2-10-3-5-11(6-4-10)8-14-9-13-7-12(14)15/h10-11,13H,2-9H2,1H3. The van der Waals surface area contributed by atoms with Gasteiger partial charge in [-0.05, 0) is 24.7 Å². The third-order valence-electron chi connectivity index (χ3n) is 3.95. The topological polar surface area (TPSA) is 32.3 Å². The Labute approximate surface area is 92.2 Å². The van der Waals surface area contributed by atoms with Gasteiger partial charge in [-0.2, -0.15) is 0 Å². The SMILES string of the molecule is CCC1CCC(CN2CNCC2=O)CC1. The van der Waals surface area contributed by atoms with Crippen LogP contribution in [0, 0.1) is 11.8 Å². The molecule has 2 fully saturated rings. The predicted molar refractivity (Wildman–Crippen MR) is 60.3 cm³/mol. The van der Waals surface area contributed by atoms with Crippen LogP contribution in [0.5, 0.6) is 0 Å². The maximum absolute atomic E-state index is 11.4. The van der Waals surface area contributed by atoms with E-state index in [0.29, 0.717) is 6.54 Å². The van der Waals surface area contributed by atoms with Gasteiger partial charge in [0.2, 0.25) is 5.91 Å². The number of hydrogen-bond acceptors (Lipinski definition) is 2. The van der Waals surface area contributed by atoms with E-state index >= 15 is 0 Å². The average Bonchev–Trinajstić information content (AvgIpc) is 2.66. The molecular formula is C12H22N2O. The Morgan fingerprint density at radius 1 is 1.27 bits per heavy atom. The first kappa shape index (κ1) is 10.9. The number of carbonyl (C=O) groups is 1. The predicted octanol–water partition coefficient (Wildman–Crippen LogP) is 1.59. The lowest BCUT2D eigenvalue weighted by atomic mass is 9.81. The van der Waals surface area contributed by atoms with Crippen molar-refractivity contribution in [2.24, 2.45) is 11.8 Å². The molecule has 0 radical (unpaired) electrons. The van der Waals surface area contributed by atoms with Gasteiger partial charge in [0.25, 0.3) is 0 Å². The number of nitrogens with zero attached hydrogens (tertiary/aromatic N) is 1. The number of amides is 1. The zero-order valence-corrected chi connectivity index (χ0v) is 9.67. The third-order valence-corrected chi connectivity index (χ3v) is 3.95. The van der Waals surface area contributed by atoms with Gasteiger partial charge in [0.1, 0.15) is 0 Å². The maximum Gasteiger partial charge on any atom is 0.237 e. The zero-order chi connectivity index (χ0) is 10.7. The first-order valence-electron chi connectivity index (χ1n) is 6.28. The number of hydrogen-bond donors (Lipinski definition) is 1. The zero-order valence-electron chi connectivity index (χ0n) is 9.67. The van der Waals surface area contributed by atoms with Crippen LogP contribution >= 0.6 is 0 Å². The van der Waals surface area contributed by atoms with Crippen molar-refractivity contribution in [3.8, 4) is 0 Å². The Bertz CT molecular complexity index is 222. The van der Waals surface area contributed by atoms with Crippen molar-refractivity contribution in [1.29, 1.82) is 0 Å². The summed E-state index contributed by atoms with van der Waals surface area (Å²) in [6, 6.07) is 0. The van der Waals surface area contributed by atoms with Crippen LogP contribution in [0.25, 0.3) is 0 Å². The monoisotopic (exact) mass is 210 g/mol. The largest absolute Gasteiger partial charge is 0.329 e. The van der Waals surface area contributed by atoms with Gasteiger partial charge in [-0.15, -0.1) is 0 Å². The fourth-order valence-corrected chi connectivity index (χ4v) is 2.80. The number of rotatable bonds is 3. The molecule has 86 valence electrons. The molecule has 0 aromatic rings. The Kier molecular flexibility index (Phi) is 3.62. The molecule has 3 nitrogen and oxygen atoms in total. The molecule has 1 saturated carbocycles. The summed E-state index contributed by atoms with van der Waals surface area (Å²) in [5.41, 5.74) is 0. The Morgan fingerprint density at radius 3 is 2.47 bits per heavy atom. The third kappa shape index (κ3) is 2.71. The Morgan fingerprint density at radius 2 is 1.93 bits per heavy atom. The lowest BCUT2D eigenvalue weighted by Gasteiger charge is -2.30. The fraction of sp³-hybridized carbons (Fsp3) is 0.917. The molecule has 0 spiro atoms. The minimum Gasteiger partial charge on any atom is -0.329 e. The molecule has 0 unspecified atom stereocenters. The minimum atomic E-state index is 0.285. The van der Waals surface area contributed by atoms with Crippen molar-refractivity contribution in [3.05, 3.63) is 0 Å². The van der Waals surface area contributed by atoms with E-state index in [9.17, 15) is 4.79 Å². The molecule has 0 atom stereocenters. The lowest BCUT2D eigenvalue weighted by Crippen LogP contribution is -2.33. The normalized spacial score (nSPS) is 32.3. The van der Waals surface area contributed by atoms with Crippen LogP contribution in [0.2, 0.25) is 0 Å². The molecule has 1 aliphatic carbocycles. The number of nitrogens with one attached hydrogen (secondary N) is 1. The van der Waals surface area contributed by atoms with Crippen LogP contribution in [0.3, 0.4) is 0 Å². The fourth-order valence-electron chi connectivity index (χ4n) is 2.80. The van der Waals surface area contributed by atoms with Crippen LogP contribution in [0.4, 0.5) is 0 Å². The highest BCUT2D eigenvalue weighted by Gasteiger charge is 2.26. The van der Waals surface area contributed by atoms with Gasteiger partial charge >= 0.3 is 0 Å². The van der Waals surface area contributed by atoms with E-state index in [0.717, 1.165) is 25.0 Å². The summed E-state index contributed by atoms with van der Waals surface area (Å²) in [6.07, 6.45) is 6.72. The summed E-state index contributed by atoms with van der Waals surface area (Å²) in [4.78, 5) is 13.4. The molecule has 1 amide bonds. The number of carbonyl (C=O) groups excluding carboxylic acids is 1. The summed E-state index contributed by atoms with van der Waals surface area (Å²) in [7, 11) is 0. The van der Waals surface area contributed by atoms with E-state index in [1.54, 1.807) is 0 Å². The van der Waals surface area contributed by atoms with Gasteiger partial charge in [0.15, 0.2) is 0 Å². The highest BCUT2D eigenvalue weighted by molar-refractivity contribution is 5.79. The Hall–Kier alpha value is -0.570. The van der Waals surface area contributed by atoms with Crippen LogP contribution in [0.1, 0.15) is 39.0 Å². The van der Waals surface area contributed by atoms with E-state index in [4.69, 9.17) is 0 Å². The quantitative estimate of drug-likeness (QED) is 0.767. The first-order chi connectivity index (χ1) is 7.29. The highest BCUT2D eigenvalue weighted by atomic mass is 16.2. The molecule has 2 aliphatic rings. The second-order valence-electron chi connectivity index (χ2n) is 5.00. The van der Waals surface area contributed by atoms with Gasteiger partial charge < -0.3 is 4.90 Å².